The number of nitrogens with zero attached hydrogens (tertiary/aromatic N) is 3. The number of furan rings is 1. The summed E-state index contributed by atoms with van der Waals surface area (Å²) in [6.07, 6.45) is 4.04. The monoisotopic (exact) mass is 330 g/mol. The highest BCUT2D eigenvalue weighted by molar-refractivity contribution is 6.08. The first-order valence-electron chi connectivity index (χ1n) is 9.60. The van der Waals surface area contributed by atoms with Crippen molar-refractivity contribution >= 4 is 33.4 Å². The van der Waals surface area contributed by atoms with Crippen LogP contribution < -0.4 is 9.80 Å². The number of pyridine rings is 1. The van der Waals surface area contributed by atoms with Gasteiger partial charge in [-0.2, -0.15) is 0 Å². The maximum Gasteiger partial charge on any atom is 0.227 e. The van der Waals surface area contributed by atoms with Crippen LogP contribution in [0.5, 0.6) is 0 Å². The van der Waals surface area contributed by atoms with E-state index in [-0.39, 0.29) is 5.69 Å². The van der Waals surface area contributed by atoms with Gasteiger partial charge >= 0.3 is 0 Å². The third kappa shape index (κ3) is 2.26. The van der Waals surface area contributed by atoms with Gasteiger partial charge in [0.1, 0.15) is 0 Å². The number of para-hydroxylation sites is 2. The van der Waals surface area contributed by atoms with Crippen LogP contribution >= 0.6 is 0 Å². The van der Waals surface area contributed by atoms with Crippen molar-refractivity contribution in [3.05, 3.63) is 78.8 Å². The second-order valence-corrected chi connectivity index (χ2v) is 6.02. The van der Waals surface area contributed by atoms with Gasteiger partial charge in [0.15, 0.2) is 5.58 Å². The fourth-order valence-electron chi connectivity index (χ4n) is 3.25. The van der Waals surface area contributed by atoms with E-state index in [9.17, 15) is 0 Å². The lowest BCUT2D eigenvalue weighted by molar-refractivity contribution is 0.652. The number of rotatable bonds is 2. The van der Waals surface area contributed by atoms with Gasteiger partial charge in [0.25, 0.3) is 0 Å². The average Bonchev–Trinajstić information content (AvgIpc) is 3.32. The highest BCUT2D eigenvalue weighted by atomic mass is 16.3. The van der Waals surface area contributed by atoms with Gasteiger partial charge in [-0.05, 0) is 37.2 Å². The summed E-state index contributed by atoms with van der Waals surface area (Å²) in [4.78, 5) is 8.48. The Morgan fingerprint density at radius 1 is 0.920 bits per heavy atom. The lowest BCUT2D eigenvalue weighted by atomic mass is 10.1. The molecule has 0 aliphatic carbocycles. The third-order valence-corrected chi connectivity index (χ3v) is 4.47. The maximum absolute atomic E-state index is 7.57. The van der Waals surface area contributed by atoms with E-state index < -0.39 is 6.85 Å². The zero-order valence-electron chi connectivity index (χ0n) is 16.4. The Labute approximate surface area is 149 Å². The first-order chi connectivity index (χ1) is 13.5. The Morgan fingerprint density at radius 2 is 1.80 bits per heavy atom. The predicted molar refractivity (Wildman–Crippen MR) is 102 cm³/mol. The number of aryl methyl sites for hydroxylation is 1. The standard InChI is InChI=1S/C21H17N3O/c1-15-10-11-18-17-8-5-9-19(20(17)25-21(18)22-15)24-13-12-23(14-24)16-6-3-2-4-7-16/h2-13H,14H2,1H3/i1D3. The maximum atomic E-state index is 7.57. The molecule has 4 heteroatoms. The van der Waals surface area contributed by atoms with Crippen LogP contribution in [0.2, 0.25) is 0 Å². The molecular formula is C21H17N3O. The van der Waals surface area contributed by atoms with Gasteiger partial charge in [0.2, 0.25) is 5.71 Å². The van der Waals surface area contributed by atoms with E-state index in [0.29, 0.717) is 18.0 Å². The van der Waals surface area contributed by atoms with E-state index in [1.165, 1.54) is 0 Å². The van der Waals surface area contributed by atoms with E-state index in [4.69, 9.17) is 8.53 Å². The van der Waals surface area contributed by atoms with Crippen LogP contribution in [-0.4, -0.2) is 11.7 Å². The predicted octanol–water partition coefficient (Wildman–Crippen LogP) is 5.04. The number of benzene rings is 2. The van der Waals surface area contributed by atoms with E-state index >= 15 is 0 Å². The minimum Gasteiger partial charge on any atom is -0.435 e. The Hall–Kier alpha value is -3.27. The van der Waals surface area contributed by atoms with Crippen molar-refractivity contribution < 1.29 is 8.53 Å². The molecule has 0 atom stereocenters. The van der Waals surface area contributed by atoms with Gasteiger partial charge in [0, 0.05) is 38.7 Å². The van der Waals surface area contributed by atoms with E-state index in [1.807, 2.05) is 48.8 Å². The van der Waals surface area contributed by atoms with Crippen molar-refractivity contribution in [1.82, 2.24) is 4.98 Å². The first-order valence-corrected chi connectivity index (χ1v) is 8.10. The second kappa shape index (κ2) is 5.38. The van der Waals surface area contributed by atoms with Crippen LogP contribution in [0.15, 0.2) is 77.5 Å². The van der Waals surface area contributed by atoms with Crippen LogP contribution in [0.3, 0.4) is 0 Å². The summed E-state index contributed by atoms with van der Waals surface area (Å²) in [5.41, 5.74) is 3.12. The molecule has 0 bridgehead atoms. The van der Waals surface area contributed by atoms with Crippen LogP contribution in [-0.2, 0) is 0 Å². The smallest absolute Gasteiger partial charge is 0.227 e. The van der Waals surface area contributed by atoms with Crippen molar-refractivity contribution in [2.75, 3.05) is 16.5 Å². The molecule has 1 aliphatic rings. The minimum absolute atomic E-state index is 0.0388. The molecule has 5 rings (SSSR count). The van der Waals surface area contributed by atoms with Crippen LogP contribution in [0, 0.1) is 6.85 Å². The number of fused-ring (bicyclic) bond motifs is 3. The molecule has 0 saturated carbocycles. The topological polar surface area (TPSA) is 32.5 Å². The molecule has 2 aromatic carbocycles. The minimum atomic E-state index is -2.26. The van der Waals surface area contributed by atoms with Crippen LogP contribution in [0.1, 0.15) is 9.81 Å². The molecule has 1 aliphatic heterocycles. The summed E-state index contributed by atoms with van der Waals surface area (Å²) >= 11 is 0. The SMILES string of the molecule is [2H]C([2H])([2H])c1ccc2c(n1)oc1c(N3C=CN(c4ccccc4)C3)cccc12. The fourth-order valence-corrected chi connectivity index (χ4v) is 3.25. The van der Waals surface area contributed by atoms with Gasteiger partial charge in [0.05, 0.1) is 12.4 Å². The molecule has 3 heterocycles. The molecule has 0 radical (unpaired) electrons. The van der Waals surface area contributed by atoms with Gasteiger partial charge < -0.3 is 14.2 Å². The van der Waals surface area contributed by atoms with Gasteiger partial charge in [-0.15, -0.1) is 0 Å². The Morgan fingerprint density at radius 3 is 2.68 bits per heavy atom. The van der Waals surface area contributed by atoms with Crippen molar-refractivity contribution in [2.45, 2.75) is 6.85 Å². The first kappa shape index (κ1) is 11.3. The van der Waals surface area contributed by atoms with Crippen molar-refractivity contribution in [3.8, 4) is 0 Å². The zero-order chi connectivity index (χ0) is 19.3. The quantitative estimate of drug-likeness (QED) is 0.515. The van der Waals surface area contributed by atoms with Gasteiger partial charge in [-0.25, -0.2) is 4.98 Å². The molecule has 122 valence electrons. The average molecular weight is 330 g/mol. The van der Waals surface area contributed by atoms with Gasteiger partial charge in [-0.1, -0.05) is 30.3 Å². The molecule has 0 N–H and O–H groups in total. The molecule has 0 amide bonds. The van der Waals surface area contributed by atoms with Crippen LogP contribution in [0.25, 0.3) is 22.1 Å². The van der Waals surface area contributed by atoms with Gasteiger partial charge in [-0.3, -0.25) is 0 Å². The molecule has 0 unspecified atom stereocenters. The molecule has 4 nitrogen and oxygen atoms in total. The zero-order valence-corrected chi connectivity index (χ0v) is 13.4. The largest absolute Gasteiger partial charge is 0.435 e. The van der Waals surface area contributed by atoms with E-state index in [1.54, 1.807) is 12.1 Å². The summed E-state index contributed by atoms with van der Waals surface area (Å²) in [6.45, 7) is -1.60. The number of hydrogen-bond donors (Lipinski definition) is 0. The highest BCUT2D eigenvalue weighted by Crippen LogP contribution is 2.36. The summed E-state index contributed by atoms with van der Waals surface area (Å²) in [5, 5.41) is 1.73. The Bertz CT molecular complexity index is 1200. The molecule has 4 aromatic rings. The van der Waals surface area contributed by atoms with E-state index in [0.717, 1.165) is 22.1 Å². The number of anilines is 2. The van der Waals surface area contributed by atoms with Crippen molar-refractivity contribution in [1.29, 1.82) is 0 Å². The molecule has 0 saturated heterocycles. The lowest BCUT2D eigenvalue weighted by Crippen LogP contribution is -2.24. The molecule has 25 heavy (non-hydrogen) atoms. The summed E-state index contributed by atoms with van der Waals surface area (Å²) in [7, 11) is 0. The lowest BCUT2D eigenvalue weighted by Gasteiger charge is -2.21. The second-order valence-electron chi connectivity index (χ2n) is 6.02. The number of hydrogen-bond acceptors (Lipinski definition) is 4. The highest BCUT2D eigenvalue weighted by Gasteiger charge is 2.20. The Kier molecular flexibility index (Phi) is 2.43. The molecular weight excluding hydrogens is 310 g/mol. The number of aromatic nitrogens is 1. The summed E-state index contributed by atoms with van der Waals surface area (Å²) in [6, 6.07) is 19.4. The summed E-state index contributed by atoms with van der Waals surface area (Å²) < 4.78 is 28.7. The van der Waals surface area contributed by atoms with E-state index in [2.05, 4.69) is 26.9 Å². The van der Waals surface area contributed by atoms with Crippen molar-refractivity contribution in [2.24, 2.45) is 0 Å². The van der Waals surface area contributed by atoms with Crippen molar-refractivity contribution in [3.63, 3.8) is 0 Å². The molecule has 0 fully saturated rings. The summed E-state index contributed by atoms with van der Waals surface area (Å²) in [5.74, 6) is 0. The molecule has 0 spiro atoms. The molecule has 2 aromatic heterocycles. The Balaban J connectivity index is 1.56. The third-order valence-electron chi connectivity index (χ3n) is 4.47. The normalized spacial score (nSPS) is 16.4. The fraction of sp³-hybridized carbons (Fsp3) is 0.0952. The van der Waals surface area contributed by atoms with Crippen LogP contribution in [0.4, 0.5) is 11.4 Å².